The van der Waals surface area contributed by atoms with Gasteiger partial charge in [-0.2, -0.15) is 9.97 Å². The van der Waals surface area contributed by atoms with Crippen LogP contribution in [0.25, 0.3) is 11.4 Å². The number of hydrogen-bond acceptors (Lipinski definition) is 9. The van der Waals surface area contributed by atoms with Crippen LogP contribution < -0.4 is 15.5 Å². The molecule has 0 atom stereocenters. The highest BCUT2D eigenvalue weighted by atomic mass is 16.5. The molecule has 4 heterocycles. The van der Waals surface area contributed by atoms with Crippen LogP contribution in [0.1, 0.15) is 12.2 Å². The highest BCUT2D eigenvalue weighted by Crippen LogP contribution is 2.22. The van der Waals surface area contributed by atoms with Crippen LogP contribution in [0.2, 0.25) is 0 Å². The van der Waals surface area contributed by atoms with Crippen LogP contribution in [-0.2, 0) is 11.2 Å². The van der Waals surface area contributed by atoms with Crippen molar-refractivity contribution in [1.29, 1.82) is 0 Å². The van der Waals surface area contributed by atoms with Gasteiger partial charge in [-0.25, -0.2) is 9.78 Å². The van der Waals surface area contributed by atoms with Crippen molar-refractivity contribution in [3.63, 3.8) is 0 Å². The fraction of sp³-hybridized carbons (Fsp3) is 0.444. The van der Waals surface area contributed by atoms with E-state index in [4.69, 9.17) is 19.7 Å². The molecule has 0 aliphatic carbocycles. The summed E-state index contributed by atoms with van der Waals surface area (Å²) in [7, 11) is 2.18. The first-order chi connectivity index (χ1) is 18.6. The number of amides is 2. The smallest absolute Gasteiger partial charge is 0.323 e. The summed E-state index contributed by atoms with van der Waals surface area (Å²) in [6.45, 7) is 8.37. The largest absolute Gasteiger partial charge is 0.378 e. The molecule has 3 aromatic rings. The van der Waals surface area contributed by atoms with Crippen molar-refractivity contribution in [2.24, 2.45) is 0 Å². The zero-order valence-electron chi connectivity index (χ0n) is 21.8. The van der Waals surface area contributed by atoms with Gasteiger partial charge in [-0.3, -0.25) is 4.98 Å². The Kier molecular flexibility index (Phi) is 8.69. The van der Waals surface area contributed by atoms with E-state index >= 15 is 0 Å². The Bertz CT molecular complexity index is 1180. The van der Waals surface area contributed by atoms with Crippen molar-refractivity contribution >= 4 is 23.4 Å². The van der Waals surface area contributed by atoms with Crippen LogP contribution >= 0.6 is 0 Å². The van der Waals surface area contributed by atoms with Crippen molar-refractivity contribution in [1.82, 2.24) is 29.7 Å². The number of piperazine rings is 1. The predicted molar refractivity (Wildman–Crippen MR) is 147 cm³/mol. The normalized spacial score (nSPS) is 16.8. The third kappa shape index (κ3) is 7.21. The van der Waals surface area contributed by atoms with Crippen molar-refractivity contribution in [2.75, 3.05) is 81.6 Å². The average molecular weight is 518 g/mol. The minimum Gasteiger partial charge on any atom is -0.378 e. The van der Waals surface area contributed by atoms with E-state index in [9.17, 15) is 4.79 Å². The van der Waals surface area contributed by atoms with Crippen LogP contribution in [0.5, 0.6) is 0 Å². The zero-order valence-corrected chi connectivity index (χ0v) is 21.8. The van der Waals surface area contributed by atoms with Gasteiger partial charge in [0.2, 0.25) is 5.95 Å². The fourth-order valence-electron chi connectivity index (χ4n) is 4.52. The van der Waals surface area contributed by atoms with Gasteiger partial charge in [0.05, 0.1) is 13.2 Å². The standard InChI is InChI=1S/C27H35N9O2/c1-34-13-15-35(16-14-34)12-2-3-24-31-25(33-26(32-24)36-17-19-38-20-18-36)21-4-6-22(7-5-21)29-27(37)30-23-8-10-28-11-9-23/h4-11H,2-3,12-20H2,1H3,(H2,28,29,30,37). The summed E-state index contributed by atoms with van der Waals surface area (Å²) in [5, 5.41) is 5.64. The number of urea groups is 1. The molecule has 2 saturated heterocycles. The quantitative estimate of drug-likeness (QED) is 0.466. The van der Waals surface area contributed by atoms with E-state index in [1.165, 1.54) is 0 Å². The van der Waals surface area contributed by atoms with Gasteiger partial charge < -0.3 is 30.1 Å². The molecule has 2 amide bonds. The van der Waals surface area contributed by atoms with Crippen LogP contribution in [0.3, 0.4) is 0 Å². The Labute approximate surface area is 223 Å². The summed E-state index contributed by atoms with van der Waals surface area (Å²) in [5.74, 6) is 2.15. The van der Waals surface area contributed by atoms with Gasteiger partial charge in [-0.05, 0) is 56.4 Å². The summed E-state index contributed by atoms with van der Waals surface area (Å²) in [6.07, 6.45) is 5.06. The van der Waals surface area contributed by atoms with E-state index < -0.39 is 0 Å². The first-order valence-corrected chi connectivity index (χ1v) is 13.2. The lowest BCUT2D eigenvalue weighted by Crippen LogP contribution is -2.44. The molecule has 0 bridgehead atoms. The molecule has 0 spiro atoms. The first kappa shape index (κ1) is 26.0. The Hall–Kier alpha value is -3.67. The molecule has 2 fully saturated rings. The third-order valence-electron chi connectivity index (χ3n) is 6.77. The molecule has 2 aliphatic heterocycles. The Morgan fingerprint density at radius 1 is 0.868 bits per heavy atom. The molecule has 2 aromatic heterocycles. The maximum absolute atomic E-state index is 12.3. The molecule has 11 heteroatoms. The maximum Gasteiger partial charge on any atom is 0.323 e. The topological polar surface area (TPSA) is 112 Å². The number of rotatable bonds is 8. The first-order valence-electron chi connectivity index (χ1n) is 13.2. The van der Waals surface area contributed by atoms with Gasteiger partial charge in [-0.15, -0.1) is 0 Å². The molecule has 2 aliphatic rings. The monoisotopic (exact) mass is 517 g/mol. The lowest BCUT2D eigenvalue weighted by Gasteiger charge is -2.32. The number of nitrogens with zero attached hydrogens (tertiary/aromatic N) is 7. The third-order valence-corrected chi connectivity index (χ3v) is 6.77. The number of anilines is 3. The van der Waals surface area contributed by atoms with Crippen molar-refractivity contribution < 1.29 is 9.53 Å². The second kappa shape index (κ2) is 12.7. The molecule has 2 N–H and O–H groups in total. The zero-order chi connectivity index (χ0) is 26.2. The number of aromatic nitrogens is 4. The lowest BCUT2D eigenvalue weighted by molar-refractivity contribution is 0.122. The SMILES string of the molecule is CN1CCN(CCCc2nc(-c3ccc(NC(=O)Nc4ccncc4)cc3)nc(N3CCOCC3)n2)CC1. The summed E-state index contributed by atoms with van der Waals surface area (Å²) in [6, 6.07) is 10.7. The molecule has 11 nitrogen and oxygen atoms in total. The number of nitrogens with one attached hydrogen (secondary N) is 2. The molecule has 5 rings (SSSR count). The van der Waals surface area contributed by atoms with E-state index in [1.54, 1.807) is 24.5 Å². The number of likely N-dealkylation sites (N-methyl/N-ethyl adjacent to an activating group) is 1. The van der Waals surface area contributed by atoms with Crippen LogP contribution in [0.4, 0.5) is 22.1 Å². The number of pyridine rings is 1. The molecule has 0 saturated carbocycles. The van der Waals surface area contributed by atoms with Crippen LogP contribution in [0.15, 0.2) is 48.8 Å². The average Bonchev–Trinajstić information content (AvgIpc) is 2.95. The maximum atomic E-state index is 12.3. The number of ether oxygens (including phenoxy) is 1. The van der Waals surface area contributed by atoms with Crippen molar-refractivity contribution in [3.05, 3.63) is 54.6 Å². The summed E-state index contributed by atoms with van der Waals surface area (Å²) < 4.78 is 5.52. The number of aryl methyl sites for hydroxylation is 1. The second-order valence-corrected chi connectivity index (χ2v) is 9.62. The Morgan fingerprint density at radius 3 is 2.26 bits per heavy atom. The number of carbonyl (C=O) groups excluding carboxylic acids is 1. The molecule has 1 aromatic carbocycles. The van der Waals surface area contributed by atoms with Gasteiger partial charge in [0, 0.05) is 75.0 Å². The molecule has 0 radical (unpaired) electrons. The minimum atomic E-state index is -0.318. The minimum absolute atomic E-state index is 0.318. The molecular weight excluding hydrogens is 482 g/mol. The number of morpholine rings is 1. The highest BCUT2D eigenvalue weighted by molar-refractivity contribution is 5.99. The van der Waals surface area contributed by atoms with Crippen molar-refractivity contribution in [3.8, 4) is 11.4 Å². The molecule has 200 valence electrons. The highest BCUT2D eigenvalue weighted by Gasteiger charge is 2.18. The molecule has 38 heavy (non-hydrogen) atoms. The summed E-state index contributed by atoms with van der Waals surface area (Å²) >= 11 is 0. The second-order valence-electron chi connectivity index (χ2n) is 9.62. The van der Waals surface area contributed by atoms with E-state index in [0.717, 1.165) is 70.0 Å². The number of benzene rings is 1. The van der Waals surface area contributed by atoms with Gasteiger partial charge in [0.25, 0.3) is 0 Å². The fourth-order valence-corrected chi connectivity index (χ4v) is 4.52. The lowest BCUT2D eigenvalue weighted by atomic mass is 10.2. The summed E-state index contributed by atoms with van der Waals surface area (Å²) in [4.78, 5) is 37.8. The van der Waals surface area contributed by atoms with Gasteiger partial charge in [0.1, 0.15) is 5.82 Å². The Morgan fingerprint density at radius 2 is 1.55 bits per heavy atom. The summed E-state index contributed by atoms with van der Waals surface area (Å²) in [5.41, 5.74) is 2.23. The van der Waals surface area contributed by atoms with E-state index in [0.29, 0.717) is 36.4 Å². The van der Waals surface area contributed by atoms with Crippen molar-refractivity contribution in [2.45, 2.75) is 12.8 Å². The number of hydrogen-bond donors (Lipinski definition) is 2. The van der Waals surface area contributed by atoms with E-state index in [-0.39, 0.29) is 6.03 Å². The van der Waals surface area contributed by atoms with Crippen LogP contribution in [-0.4, -0.2) is 102 Å². The molecule has 0 unspecified atom stereocenters. The van der Waals surface area contributed by atoms with E-state index in [2.05, 4.69) is 37.4 Å². The van der Waals surface area contributed by atoms with E-state index in [1.807, 2.05) is 24.3 Å². The number of carbonyl (C=O) groups is 1. The van der Waals surface area contributed by atoms with Gasteiger partial charge in [-0.1, -0.05) is 0 Å². The molecular formula is C27H35N9O2. The van der Waals surface area contributed by atoms with Gasteiger partial charge in [0.15, 0.2) is 5.82 Å². The van der Waals surface area contributed by atoms with Gasteiger partial charge >= 0.3 is 6.03 Å². The Balaban J connectivity index is 1.26. The van der Waals surface area contributed by atoms with Crippen LogP contribution in [0, 0.1) is 0 Å². The predicted octanol–water partition coefficient (Wildman–Crippen LogP) is 2.59.